The van der Waals surface area contributed by atoms with Crippen LogP contribution >= 0.6 is 0 Å². The zero-order valence-corrected chi connectivity index (χ0v) is 25.9. The summed E-state index contributed by atoms with van der Waals surface area (Å²) >= 11 is 0. The predicted octanol–water partition coefficient (Wildman–Crippen LogP) is 5.94. The van der Waals surface area contributed by atoms with E-state index in [1.54, 1.807) is 18.2 Å². The highest BCUT2D eigenvalue weighted by atomic mass is 19.4. The number of aryl methyl sites for hydroxylation is 1. The second-order valence-corrected chi connectivity index (χ2v) is 10.8. The summed E-state index contributed by atoms with van der Waals surface area (Å²) in [5, 5.41) is 8.13. The Balaban J connectivity index is 0.000000409. The summed E-state index contributed by atoms with van der Waals surface area (Å²) in [5.74, 6) is 1.19. The molecule has 0 bridgehead atoms. The number of carbonyl (C=O) groups is 2. The van der Waals surface area contributed by atoms with Gasteiger partial charge in [-0.25, -0.2) is 14.8 Å². The van der Waals surface area contributed by atoms with E-state index in [1.165, 1.54) is 60.3 Å². The van der Waals surface area contributed by atoms with Gasteiger partial charge in [0, 0.05) is 24.8 Å². The molecule has 240 valence electrons. The number of likely N-dealkylation sites (tertiary alicyclic amines) is 1. The van der Waals surface area contributed by atoms with Crippen LogP contribution in [0, 0.1) is 12.8 Å². The van der Waals surface area contributed by atoms with E-state index in [0.717, 1.165) is 38.0 Å². The summed E-state index contributed by atoms with van der Waals surface area (Å²) in [6.45, 7) is 5.50. The normalized spacial score (nSPS) is 16.0. The van der Waals surface area contributed by atoms with Crippen LogP contribution in [0.3, 0.4) is 0 Å². The van der Waals surface area contributed by atoms with Crippen molar-refractivity contribution < 1.29 is 32.2 Å². The number of alkyl halides is 3. The Morgan fingerprint density at radius 1 is 1.05 bits per heavy atom. The van der Waals surface area contributed by atoms with Crippen molar-refractivity contribution in [2.75, 3.05) is 46.7 Å². The quantitative estimate of drug-likeness (QED) is 0.381. The van der Waals surface area contributed by atoms with Crippen LogP contribution in [0.1, 0.15) is 73.5 Å². The third-order valence-electron chi connectivity index (χ3n) is 7.33. The number of hydrogen-bond acceptors (Lipinski definition) is 8. The van der Waals surface area contributed by atoms with Gasteiger partial charge in [-0.05, 0) is 64.0 Å². The van der Waals surface area contributed by atoms with Gasteiger partial charge in [-0.2, -0.15) is 13.2 Å². The average Bonchev–Trinajstić information content (AvgIpc) is 2.98. The molecular formula is C30H45F3N6O4. The molecular weight excluding hydrogens is 565 g/mol. The van der Waals surface area contributed by atoms with Gasteiger partial charge in [0.05, 0.1) is 31.2 Å². The number of halogens is 3. The van der Waals surface area contributed by atoms with E-state index in [1.807, 2.05) is 0 Å². The Morgan fingerprint density at radius 3 is 2.16 bits per heavy atom. The largest absolute Gasteiger partial charge is 0.495 e. The molecule has 10 nitrogen and oxygen atoms in total. The van der Waals surface area contributed by atoms with Gasteiger partial charge in [0.15, 0.2) is 0 Å². The third-order valence-corrected chi connectivity index (χ3v) is 7.33. The van der Waals surface area contributed by atoms with E-state index in [0.29, 0.717) is 17.0 Å². The lowest BCUT2D eigenvalue weighted by atomic mass is 9.91. The van der Waals surface area contributed by atoms with Crippen LogP contribution in [-0.4, -0.2) is 74.3 Å². The molecule has 1 saturated heterocycles. The number of methoxy groups -OCH3 is 2. The van der Waals surface area contributed by atoms with Gasteiger partial charge >= 0.3 is 12.3 Å². The Bertz CT molecular complexity index is 1160. The molecule has 1 saturated carbocycles. The highest BCUT2D eigenvalue weighted by molar-refractivity contribution is 5.95. The number of ether oxygens (including phenoxy) is 2. The van der Waals surface area contributed by atoms with Crippen molar-refractivity contribution in [3.05, 3.63) is 41.2 Å². The van der Waals surface area contributed by atoms with Gasteiger partial charge in [-0.1, -0.05) is 39.0 Å². The summed E-state index contributed by atoms with van der Waals surface area (Å²) in [6.07, 6.45) is 5.04. The van der Waals surface area contributed by atoms with Crippen LogP contribution in [0.15, 0.2) is 24.4 Å². The lowest BCUT2D eigenvalue weighted by Gasteiger charge is -2.29. The van der Waals surface area contributed by atoms with Crippen LogP contribution in [0.4, 0.5) is 29.6 Å². The van der Waals surface area contributed by atoms with E-state index >= 15 is 0 Å². The molecule has 2 aliphatic rings. The molecule has 1 aliphatic carbocycles. The lowest BCUT2D eigenvalue weighted by Crippen LogP contribution is -2.43. The van der Waals surface area contributed by atoms with E-state index in [2.05, 4.69) is 49.5 Å². The van der Waals surface area contributed by atoms with Crippen molar-refractivity contribution >= 4 is 23.6 Å². The Kier molecular flexibility index (Phi) is 14.5. The first kappa shape index (κ1) is 35.6. The first-order valence-corrected chi connectivity index (χ1v) is 14.5. The monoisotopic (exact) mass is 610 g/mol. The minimum absolute atomic E-state index is 0.00215. The minimum Gasteiger partial charge on any atom is -0.495 e. The van der Waals surface area contributed by atoms with E-state index in [-0.39, 0.29) is 23.6 Å². The van der Waals surface area contributed by atoms with Gasteiger partial charge in [0.1, 0.15) is 5.75 Å². The molecule has 4 rings (SSSR count). The van der Waals surface area contributed by atoms with E-state index in [9.17, 15) is 22.8 Å². The molecule has 2 heterocycles. The molecule has 0 spiro atoms. The van der Waals surface area contributed by atoms with Crippen molar-refractivity contribution in [1.29, 1.82) is 0 Å². The SMILES string of the molecule is CC1CCCCC1.CNC(=O)OC.COc1cc(C(=O)NC2CCN(C)CC2)ccc1Nc1ncc(C(F)(F)F)c(C)n1. The molecule has 43 heavy (non-hydrogen) atoms. The van der Waals surface area contributed by atoms with Crippen molar-refractivity contribution in [2.45, 2.75) is 71.0 Å². The second kappa shape index (κ2) is 17.5. The first-order valence-electron chi connectivity index (χ1n) is 14.5. The number of benzene rings is 1. The number of hydrogen-bond donors (Lipinski definition) is 3. The number of alkyl carbamates (subject to hydrolysis) is 1. The number of rotatable bonds is 5. The molecule has 2 fully saturated rings. The first-order chi connectivity index (χ1) is 20.4. The van der Waals surface area contributed by atoms with Crippen LogP contribution < -0.4 is 20.7 Å². The summed E-state index contributed by atoms with van der Waals surface area (Å²) < 4.78 is 48.1. The topological polar surface area (TPSA) is 118 Å². The molecule has 2 aromatic rings. The number of nitrogens with one attached hydrogen (secondary N) is 3. The number of carbonyl (C=O) groups excluding carboxylic acids is 2. The van der Waals surface area contributed by atoms with Gasteiger partial charge in [0.2, 0.25) is 5.95 Å². The summed E-state index contributed by atoms with van der Waals surface area (Å²) in [5.41, 5.74) is -0.206. The lowest BCUT2D eigenvalue weighted by molar-refractivity contribution is -0.138. The maximum atomic E-state index is 12.9. The van der Waals surface area contributed by atoms with Gasteiger partial charge < -0.3 is 30.3 Å². The van der Waals surface area contributed by atoms with Crippen molar-refractivity contribution in [3.8, 4) is 5.75 Å². The van der Waals surface area contributed by atoms with Gasteiger partial charge in [0.25, 0.3) is 5.91 Å². The smallest absolute Gasteiger partial charge is 0.419 e. The van der Waals surface area contributed by atoms with Crippen LogP contribution in [-0.2, 0) is 10.9 Å². The zero-order valence-electron chi connectivity index (χ0n) is 25.9. The average molecular weight is 611 g/mol. The number of piperidine rings is 1. The van der Waals surface area contributed by atoms with Crippen molar-refractivity contribution in [2.24, 2.45) is 5.92 Å². The molecule has 3 N–H and O–H groups in total. The highest BCUT2D eigenvalue weighted by Crippen LogP contribution is 2.32. The Morgan fingerprint density at radius 2 is 1.70 bits per heavy atom. The number of nitrogens with zero attached hydrogens (tertiary/aromatic N) is 3. The fourth-order valence-electron chi connectivity index (χ4n) is 4.69. The maximum absolute atomic E-state index is 12.9. The predicted molar refractivity (Wildman–Crippen MR) is 160 cm³/mol. The standard InChI is InChI=1S/C20H24F3N5O2.C7H14.C3H7NO2/c1-12-15(20(21,22)23)11-24-19(25-12)27-16-5-4-13(10-17(16)30-3)18(29)26-14-6-8-28(2)9-7-14;1-7-5-3-2-4-6-7;1-4-3(5)6-2/h4-5,10-11,14H,6-9H2,1-3H3,(H,26,29)(H,24,25,27);7H,2-6H2,1H3;1-2H3,(H,4,5). The van der Waals surface area contributed by atoms with Gasteiger partial charge in [-0.3, -0.25) is 4.79 Å². The summed E-state index contributed by atoms with van der Waals surface area (Å²) in [6, 6.07) is 4.93. The molecule has 0 atom stereocenters. The fraction of sp³-hybridized carbons (Fsp3) is 0.600. The minimum atomic E-state index is -4.51. The van der Waals surface area contributed by atoms with Crippen molar-refractivity contribution in [1.82, 2.24) is 25.5 Å². The third kappa shape index (κ3) is 12.3. The summed E-state index contributed by atoms with van der Waals surface area (Å²) in [7, 11) is 6.32. The number of amides is 2. The number of anilines is 2. The molecule has 1 aromatic heterocycles. The Hall–Kier alpha value is -3.61. The molecule has 2 amide bonds. The molecule has 1 aliphatic heterocycles. The van der Waals surface area contributed by atoms with E-state index in [4.69, 9.17) is 4.74 Å². The van der Waals surface area contributed by atoms with Crippen LogP contribution in [0.2, 0.25) is 0 Å². The van der Waals surface area contributed by atoms with Crippen molar-refractivity contribution in [3.63, 3.8) is 0 Å². The zero-order chi connectivity index (χ0) is 32.0. The fourth-order valence-corrected chi connectivity index (χ4v) is 4.69. The molecule has 0 unspecified atom stereocenters. The molecule has 1 aromatic carbocycles. The molecule has 0 radical (unpaired) electrons. The maximum Gasteiger partial charge on any atom is 0.419 e. The van der Waals surface area contributed by atoms with E-state index < -0.39 is 17.8 Å². The summed E-state index contributed by atoms with van der Waals surface area (Å²) in [4.78, 5) is 32.2. The molecule has 13 heteroatoms. The second-order valence-electron chi connectivity index (χ2n) is 10.8. The van der Waals surface area contributed by atoms with Gasteiger partial charge in [-0.15, -0.1) is 0 Å². The van der Waals surface area contributed by atoms with Crippen LogP contribution in [0.25, 0.3) is 0 Å². The Labute approximate surface area is 252 Å². The number of aromatic nitrogens is 2. The van der Waals surface area contributed by atoms with Crippen LogP contribution in [0.5, 0.6) is 5.75 Å². The highest BCUT2D eigenvalue weighted by Gasteiger charge is 2.33.